The Morgan fingerprint density at radius 1 is 0.375 bits per heavy atom. The van der Waals surface area contributed by atoms with Crippen molar-refractivity contribution in [3.05, 3.63) is 200 Å². The Kier molecular flexibility index (Phi) is 7.68. The van der Waals surface area contributed by atoms with E-state index >= 15 is 0 Å². The average molecular weight is 732 g/mol. The lowest BCUT2D eigenvalue weighted by Crippen LogP contribution is -1.97. The molecule has 0 bridgehead atoms. The van der Waals surface area contributed by atoms with Crippen molar-refractivity contribution in [2.75, 3.05) is 0 Å². The smallest absolute Gasteiger partial charge is 0.161 e. The van der Waals surface area contributed by atoms with Crippen molar-refractivity contribution < 1.29 is 0 Å². The van der Waals surface area contributed by atoms with Crippen LogP contribution in [-0.2, 0) is 0 Å². The second-order valence-corrected chi connectivity index (χ2v) is 15.2. The predicted molar refractivity (Wildman–Crippen MR) is 236 cm³/mol. The van der Waals surface area contributed by atoms with Gasteiger partial charge in [-0.25, -0.2) is 9.97 Å². The Labute approximate surface area is 328 Å². The summed E-state index contributed by atoms with van der Waals surface area (Å²) in [4.78, 5) is 10.8. The highest BCUT2D eigenvalue weighted by molar-refractivity contribution is 7.26. The third kappa shape index (κ3) is 5.42. The van der Waals surface area contributed by atoms with E-state index in [1.807, 2.05) is 11.3 Å². The first kappa shape index (κ1) is 32.3. The lowest BCUT2D eigenvalue weighted by atomic mass is 9.99. The number of hydrogen-bond acceptors (Lipinski definition) is 3. The van der Waals surface area contributed by atoms with Gasteiger partial charge in [0.1, 0.15) is 0 Å². The molecule has 56 heavy (non-hydrogen) atoms. The Balaban J connectivity index is 1.14. The zero-order chi connectivity index (χ0) is 37.0. The maximum atomic E-state index is 5.40. The largest absolute Gasteiger partial charge is 0.308 e. The third-order valence-electron chi connectivity index (χ3n) is 10.8. The van der Waals surface area contributed by atoms with E-state index in [-0.39, 0.29) is 0 Å². The zero-order valence-electron chi connectivity index (χ0n) is 30.3. The molecule has 0 aliphatic carbocycles. The standard InChI is InChI=1S/C52H33N3S/c1-3-14-34(15-4-1)36-28-30-37(31-29-36)44-33-45(39-19-11-18-38(32-39)35-16-5-2-6-17-35)54-52(53-44)43-23-13-25-47-50(43)42-21-7-9-24-46(42)55(47)48-26-12-22-41-40-20-8-10-27-49(40)56-51(41)48/h1-33H. The van der Waals surface area contributed by atoms with E-state index in [4.69, 9.17) is 9.97 Å². The summed E-state index contributed by atoms with van der Waals surface area (Å²) in [6.45, 7) is 0. The van der Waals surface area contributed by atoms with E-state index < -0.39 is 0 Å². The summed E-state index contributed by atoms with van der Waals surface area (Å²) in [5.74, 6) is 0.698. The number of rotatable bonds is 6. The molecule has 0 spiro atoms. The summed E-state index contributed by atoms with van der Waals surface area (Å²) in [5, 5.41) is 4.88. The van der Waals surface area contributed by atoms with E-state index in [0.29, 0.717) is 5.82 Å². The molecule has 4 heteroatoms. The first-order valence-corrected chi connectivity index (χ1v) is 19.7. The Morgan fingerprint density at radius 3 is 1.73 bits per heavy atom. The minimum atomic E-state index is 0.698. The van der Waals surface area contributed by atoms with Crippen LogP contribution >= 0.6 is 11.3 Å². The van der Waals surface area contributed by atoms with Crippen molar-refractivity contribution in [3.8, 4) is 61.8 Å². The van der Waals surface area contributed by atoms with Crippen molar-refractivity contribution in [1.29, 1.82) is 0 Å². The highest BCUT2D eigenvalue weighted by atomic mass is 32.1. The van der Waals surface area contributed by atoms with Gasteiger partial charge in [-0.15, -0.1) is 11.3 Å². The summed E-state index contributed by atoms with van der Waals surface area (Å²) < 4.78 is 5.00. The SMILES string of the molecule is c1ccc(-c2ccc(-c3cc(-c4cccc(-c5ccccc5)c4)nc(-c4cccc5c4c4ccccc4n5-c4cccc5c4sc4ccccc45)n3)cc2)cc1. The summed E-state index contributed by atoms with van der Waals surface area (Å²) >= 11 is 1.86. The fraction of sp³-hybridized carbons (Fsp3) is 0. The lowest BCUT2D eigenvalue weighted by molar-refractivity contribution is 1.18. The number of fused-ring (bicyclic) bond motifs is 6. The van der Waals surface area contributed by atoms with Crippen LogP contribution in [0.2, 0.25) is 0 Å². The highest BCUT2D eigenvalue weighted by Crippen LogP contribution is 2.43. The molecule has 3 heterocycles. The van der Waals surface area contributed by atoms with E-state index in [9.17, 15) is 0 Å². The minimum Gasteiger partial charge on any atom is -0.308 e. The van der Waals surface area contributed by atoms with E-state index in [0.717, 1.165) is 50.1 Å². The molecule has 0 N–H and O–H groups in total. The fourth-order valence-corrected chi connectivity index (χ4v) is 9.40. The van der Waals surface area contributed by atoms with Gasteiger partial charge < -0.3 is 4.57 Å². The summed E-state index contributed by atoms with van der Waals surface area (Å²) in [7, 11) is 0. The molecule has 0 saturated carbocycles. The number of para-hydroxylation sites is 1. The zero-order valence-corrected chi connectivity index (χ0v) is 31.1. The van der Waals surface area contributed by atoms with Crippen LogP contribution in [0.5, 0.6) is 0 Å². The van der Waals surface area contributed by atoms with Crippen LogP contribution in [0.25, 0.3) is 104 Å². The molecular weight excluding hydrogens is 699 g/mol. The van der Waals surface area contributed by atoms with Gasteiger partial charge in [-0.2, -0.15) is 0 Å². The van der Waals surface area contributed by atoms with Gasteiger partial charge in [-0.1, -0.05) is 164 Å². The molecule has 8 aromatic carbocycles. The van der Waals surface area contributed by atoms with Crippen molar-refractivity contribution >= 4 is 53.3 Å². The number of aromatic nitrogens is 3. The van der Waals surface area contributed by atoms with Gasteiger partial charge in [-0.05, 0) is 58.7 Å². The van der Waals surface area contributed by atoms with Gasteiger partial charge >= 0.3 is 0 Å². The average Bonchev–Trinajstić information content (AvgIpc) is 3.83. The quantitative estimate of drug-likeness (QED) is 0.170. The highest BCUT2D eigenvalue weighted by Gasteiger charge is 2.21. The van der Waals surface area contributed by atoms with Crippen LogP contribution in [0.3, 0.4) is 0 Å². The summed E-state index contributed by atoms with van der Waals surface area (Å²) in [6.07, 6.45) is 0. The molecule has 0 aliphatic heterocycles. The normalized spacial score (nSPS) is 11.6. The molecule has 0 saturated heterocycles. The number of thiophene rings is 1. The fourth-order valence-electron chi connectivity index (χ4n) is 8.19. The van der Waals surface area contributed by atoms with E-state index in [2.05, 4.69) is 205 Å². The molecule has 0 atom stereocenters. The Hall–Kier alpha value is -7.14. The topological polar surface area (TPSA) is 30.7 Å². The van der Waals surface area contributed by atoms with Crippen LogP contribution in [0, 0.1) is 0 Å². The number of hydrogen-bond donors (Lipinski definition) is 0. The maximum absolute atomic E-state index is 5.40. The van der Waals surface area contributed by atoms with Crippen molar-refractivity contribution in [2.24, 2.45) is 0 Å². The number of nitrogens with zero attached hydrogens (tertiary/aromatic N) is 3. The Morgan fingerprint density at radius 2 is 0.929 bits per heavy atom. The third-order valence-corrected chi connectivity index (χ3v) is 12.1. The molecule has 0 aliphatic rings. The summed E-state index contributed by atoms with van der Waals surface area (Å²) in [5.41, 5.74) is 13.0. The minimum absolute atomic E-state index is 0.698. The predicted octanol–water partition coefficient (Wildman–Crippen LogP) is 14.3. The first-order valence-electron chi connectivity index (χ1n) is 18.9. The second-order valence-electron chi connectivity index (χ2n) is 14.2. The molecule has 0 amide bonds. The number of benzene rings is 8. The van der Waals surface area contributed by atoms with Gasteiger partial charge in [0.25, 0.3) is 0 Å². The molecule has 262 valence electrons. The molecule has 0 radical (unpaired) electrons. The van der Waals surface area contributed by atoms with Crippen molar-refractivity contribution in [2.45, 2.75) is 0 Å². The van der Waals surface area contributed by atoms with Gasteiger partial charge in [-0.3, -0.25) is 0 Å². The van der Waals surface area contributed by atoms with Crippen molar-refractivity contribution in [1.82, 2.24) is 14.5 Å². The molecule has 0 fully saturated rings. The molecule has 3 aromatic heterocycles. The summed E-state index contributed by atoms with van der Waals surface area (Å²) in [6, 6.07) is 71.3. The van der Waals surface area contributed by atoms with E-state index in [1.54, 1.807) is 0 Å². The van der Waals surface area contributed by atoms with Crippen molar-refractivity contribution in [3.63, 3.8) is 0 Å². The molecule has 0 unspecified atom stereocenters. The van der Waals surface area contributed by atoms with Gasteiger partial charge in [0.2, 0.25) is 0 Å². The van der Waals surface area contributed by atoms with E-state index in [1.165, 1.54) is 47.9 Å². The van der Waals surface area contributed by atoms with Crippen LogP contribution < -0.4 is 0 Å². The first-order chi connectivity index (χ1) is 27.8. The van der Waals surface area contributed by atoms with Crippen LogP contribution in [-0.4, -0.2) is 14.5 Å². The van der Waals surface area contributed by atoms with Crippen LogP contribution in [0.4, 0.5) is 0 Å². The van der Waals surface area contributed by atoms with Crippen LogP contribution in [0.1, 0.15) is 0 Å². The molecule has 3 nitrogen and oxygen atoms in total. The van der Waals surface area contributed by atoms with Gasteiger partial charge in [0, 0.05) is 42.9 Å². The monoisotopic (exact) mass is 731 g/mol. The molecule has 11 rings (SSSR count). The molecular formula is C52H33N3S. The second kappa shape index (κ2) is 13.3. The van der Waals surface area contributed by atoms with Gasteiger partial charge in [0.15, 0.2) is 5.82 Å². The van der Waals surface area contributed by atoms with Crippen LogP contribution in [0.15, 0.2) is 200 Å². The Bertz CT molecular complexity index is 3230. The lowest BCUT2D eigenvalue weighted by Gasteiger charge is -2.12. The van der Waals surface area contributed by atoms with Gasteiger partial charge in [0.05, 0.1) is 32.8 Å². The molecule has 11 aromatic rings. The maximum Gasteiger partial charge on any atom is 0.161 e.